The number of rotatable bonds is 5. The van der Waals surface area contributed by atoms with E-state index in [4.69, 9.17) is 9.84 Å². The number of aliphatic hydroxyl groups is 1. The molecule has 0 fully saturated rings. The van der Waals surface area contributed by atoms with E-state index in [0.29, 0.717) is 5.56 Å². The van der Waals surface area contributed by atoms with Gasteiger partial charge in [0.05, 0.1) is 6.61 Å². The lowest BCUT2D eigenvalue weighted by Gasteiger charge is -2.27. The van der Waals surface area contributed by atoms with E-state index in [-0.39, 0.29) is 26.2 Å². The summed E-state index contributed by atoms with van der Waals surface area (Å²) in [5.41, 5.74) is -1.20. The molecular weight excluding hydrogens is 290 g/mol. The van der Waals surface area contributed by atoms with Gasteiger partial charge < -0.3 is 14.7 Å². The van der Waals surface area contributed by atoms with Crippen molar-refractivity contribution < 1.29 is 14.6 Å². The third kappa shape index (κ3) is 5.36. The Labute approximate surface area is 128 Å². The van der Waals surface area contributed by atoms with Crippen molar-refractivity contribution in [1.29, 1.82) is 0 Å². The van der Waals surface area contributed by atoms with Crippen LogP contribution in [0.3, 0.4) is 0 Å². The van der Waals surface area contributed by atoms with Crippen LogP contribution >= 0.6 is 0 Å². The number of ether oxygens (including phenoxy) is 1. The molecule has 0 radical (unpaired) electrons. The van der Waals surface area contributed by atoms with Gasteiger partial charge in [-0.05, 0) is 27.7 Å². The fraction of sp³-hybridized carbons (Fsp3) is 0.643. The average Bonchev–Trinajstić information content (AvgIpc) is 2.37. The zero-order valence-corrected chi connectivity index (χ0v) is 13.4. The topological polar surface area (TPSA) is 105 Å². The number of aromatic nitrogens is 2. The zero-order chi connectivity index (χ0) is 16.9. The van der Waals surface area contributed by atoms with Crippen LogP contribution < -0.4 is 11.2 Å². The van der Waals surface area contributed by atoms with E-state index >= 15 is 0 Å². The molecule has 1 amide bonds. The molecule has 0 atom stereocenters. The van der Waals surface area contributed by atoms with Crippen molar-refractivity contribution in [2.45, 2.75) is 39.8 Å². The van der Waals surface area contributed by atoms with Crippen molar-refractivity contribution in [1.82, 2.24) is 14.5 Å². The second-order valence-corrected chi connectivity index (χ2v) is 5.96. The molecule has 0 spiro atoms. The third-order valence-electron chi connectivity index (χ3n) is 2.82. The Balaban J connectivity index is 2.81. The molecule has 8 nitrogen and oxygen atoms in total. The Bertz CT molecular complexity index is 627. The SMILES string of the molecule is Cc1cn(CCN(CCO)C(=O)OC(C)(C)C)c(=O)[nH]c1=O. The molecule has 0 bridgehead atoms. The summed E-state index contributed by atoms with van der Waals surface area (Å²) in [4.78, 5) is 38.5. The van der Waals surface area contributed by atoms with Gasteiger partial charge in [0, 0.05) is 31.4 Å². The van der Waals surface area contributed by atoms with Crippen LogP contribution in [0.25, 0.3) is 0 Å². The second-order valence-electron chi connectivity index (χ2n) is 5.96. The predicted octanol–water partition coefficient (Wildman–Crippen LogP) is 0.0744. The molecular formula is C14H23N3O5. The lowest BCUT2D eigenvalue weighted by molar-refractivity contribution is 0.0212. The number of carbonyl (C=O) groups is 1. The van der Waals surface area contributed by atoms with Crippen LogP contribution in [-0.2, 0) is 11.3 Å². The number of aryl methyl sites for hydroxylation is 1. The molecule has 1 rings (SSSR count). The summed E-state index contributed by atoms with van der Waals surface area (Å²) in [5.74, 6) is 0. The Morgan fingerprint density at radius 1 is 1.36 bits per heavy atom. The third-order valence-corrected chi connectivity index (χ3v) is 2.82. The molecule has 1 aromatic heterocycles. The van der Waals surface area contributed by atoms with Crippen LogP contribution in [0.1, 0.15) is 26.3 Å². The number of H-pyrrole nitrogens is 1. The molecule has 0 saturated heterocycles. The van der Waals surface area contributed by atoms with Gasteiger partial charge in [0.25, 0.3) is 5.56 Å². The standard InChI is InChI=1S/C14H23N3O5/c1-10-9-17(12(20)15-11(10)19)6-5-16(7-8-18)13(21)22-14(2,3)4/h9,18H,5-8H2,1-4H3,(H,15,19,20). The number of hydrogen-bond donors (Lipinski definition) is 2. The monoisotopic (exact) mass is 313 g/mol. The van der Waals surface area contributed by atoms with Crippen LogP contribution in [0.2, 0.25) is 0 Å². The van der Waals surface area contributed by atoms with E-state index in [0.717, 1.165) is 0 Å². The lowest BCUT2D eigenvalue weighted by Crippen LogP contribution is -2.41. The number of nitrogens with one attached hydrogen (secondary N) is 1. The Morgan fingerprint density at radius 2 is 2.00 bits per heavy atom. The summed E-state index contributed by atoms with van der Waals surface area (Å²) in [6, 6.07) is 0. The summed E-state index contributed by atoms with van der Waals surface area (Å²) >= 11 is 0. The van der Waals surface area contributed by atoms with Gasteiger partial charge in [-0.1, -0.05) is 0 Å². The molecule has 1 heterocycles. The maximum Gasteiger partial charge on any atom is 0.410 e. The molecule has 124 valence electrons. The van der Waals surface area contributed by atoms with Crippen molar-refractivity contribution in [3.63, 3.8) is 0 Å². The molecule has 0 unspecified atom stereocenters. The number of aliphatic hydroxyl groups excluding tert-OH is 1. The number of carbonyl (C=O) groups excluding carboxylic acids is 1. The molecule has 0 aliphatic rings. The zero-order valence-electron chi connectivity index (χ0n) is 13.4. The van der Waals surface area contributed by atoms with Crippen molar-refractivity contribution in [3.05, 3.63) is 32.6 Å². The quantitative estimate of drug-likeness (QED) is 0.800. The highest BCUT2D eigenvalue weighted by molar-refractivity contribution is 5.68. The number of nitrogens with zero attached hydrogens (tertiary/aromatic N) is 2. The molecule has 1 aromatic rings. The van der Waals surface area contributed by atoms with E-state index in [9.17, 15) is 14.4 Å². The maximum atomic E-state index is 12.0. The van der Waals surface area contributed by atoms with Crippen LogP contribution in [0.15, 0.2) is 15.8 Å². The minimum absolute atomic E-state index is 0.103. The minimum Gasteiger partial charge on any atom is -0.444 e. The summed E-state index contributed by atoms with van der Waals surface area (Å²) < 4.78 is 6.56. The molecule has 0 aliphatic carbocycles. The maximum absolute atomic E-state index is 12.0. The van der Waals surface area contributed by atoms with Crippen molar-refractivity contribution in [3.8, 4) is 0 Å². The summed E-state index contributed by atoms with van der Waals surface area (Å²) in [6.07, 6.45) is 0.878. The fourth-order valence-electron chi connectivity index (χ4n) is 1.75. The van der Waals surface area contributed by atoms with E-state index in [2.05, 4.69) is 4.98 Å². The second kappa shape index (κ2) is 7.26. The molecule has 2 N–H and O–H groups in total. The predicted molar refractivity (Wildman–Crippen MR) is 81.0 cm³/mol. The van der Waals surface area contributed by atoms with Crippen LogP contribution in [0, 0.1) is 6.92 Å². The average molecular weight is 313 g/mol. The first-order chi connectivity index (χ1) is 10.1. The number of amides is 1. The molecule has 0 aromatic carbocycles. The normalized spacial score (nSPS) is 11.3. The Kier molecular flexibility index (Phi) is 5.92. The molecule has 22 heavy (non-hydrogen) atoms. The van der Waals surface area contributed by atoms with E-state index < -0.39 is 22.9 Å². The highest BCUT2D eigenvalue weighted by Gasteiger charge is 2.21. The van der Waals surface area contributed by atoms with Gasteiger partial charge in [0.2, 0.25) is 0 Å². The molecule has 8 heteroatoms. The van der Waals surface area contributed by atoms with Gasteiger partial charge in [-0.2, -0.15) is 0 Å². The Morgan fingerprint density at radius 3 is 2.55 bits per heavy atom. The first-order valence-electron chi connectivity index (χ1n) is 7.03. The van der Waals surface area contributed by atoms with Gasteiger partial charge in [-0.15, -0.1) is 0 Å². The minimum atomic E-state index is -0.643. The fourth-order valence-corrected chi connectivity index (χ4v) is 1.75. The number of hydrogen-bond acceptors (Lipinski definition) is 5. The van der Waals surface area contributed by atoms with Gasteiger partial charge in [-0.25, -0.2) is 9.59 Å². The summed E-state index contributed by atoms with van der Waals surface area (Å²) in [7, 11) is 0. The molecule has 0 saturated carbocycles. The summed E-state index contributed by atoms with van der Waals surface area (Å²) in [5, 5.41) is 9.05. The van der Waals surface area contributed by atoms with E-state index in [1.807, 2.05) is 0 Å². The highest BCUT2D eigenvalue weighted by Crippen LogP contribution is 2.09. The van der Waals surface area contributed by atoms with Gasteiger partial charge in [-0.3, -0.25) is 14.3 Å². The van der Waals surface area contributed by atoms with E-state index in [1.54, 1.807) is 27.7 Å². The highest BCUT2D eigenvalue weighted by atomic mass is 16.6. The largest absolute Gasteiger partial charge is 0.444 e. The van der Waals surface area contributed by atoms with Gasteiger partial charge >= 0.3 is 11.8 Å². The van der Waals surface area contributed by atoms with Gasteiger partial charge in [0.15, 0.2) is 0 Å². The van der Waals surface area contributed by atoms with Gasteiger partial charge in [0.1, 0.15) is 5.60 Å². The first kappa shape index (κ1) is 18.0. The molecule has 0 aliphatic heterocycles. The summed E-state index contributed by atoms with van der Waals surface area (Å²) in [6.45, 7) is 7.10. The van der Waals surface area contributed by atoms with Crippen LogP contribution in [0.4, 0.5) is 4.79 Å². The number of aromatic amines is 1. The smallest absolute Gasteiger partial charge is 0.410 e. The first-order valence-corrected chi connectivity index (χ1v) is 7.03. The van der Waals surface area contributed by atoms with Crippen LogP contribution in [-0.4, -0.2) is 50.9 Å². The van der Waals surface area contributed by atoms with Crippen molar-refractivity contribution in [2.75, 3.05) is 19.7 Å². The Hall–Kier alpha value is -2.09. The van der Waals surface area contributed by atoms with E-state index in [1.165, 1.54) is 15.7 Å². The lowest BCUT2D eigenvalue weighted by atomic mass is 10.2. The van der Waals surface area contributed by atoms with Crippen LogP contribution in [0.5, 0.6) is 0 Å². The van der Waals surface area contributed by atoms with Crippen molar-refractivity contribution in [2.24, 2.45) is 0 Å². The van der Waals surface area contributed by atoms with Crippen molar-refractivity contribution >= 4 is 6.09 Å².